The van der Waals surface area contributed by atoms with Crippen molar-refractivity contribution < 1.29 is 9.53 Å². The van der Waals surface area contributed by atoms with Gasteiger partial charge < -0.3 is 14.6 Å². The van der Waals surface area contributed by atoms with Gasteiger partial charge in [0.05, 0.1) is 24.2 Å². The molecule has 0 fully saturated rings. The van der Waals surface area contributed by atoms with Crippen molar-refractivity contribution >= 4 is 11.6 Å². The average molecular weight is 413 g/mol. The number of carbonyl (C=O) groups is 1. The number of fused-ring (bicyclic) bond motifs is 1. The number of aromatic nitrogens is 4. The Bertz CT molecular complexity index is 1180. The van der Waals surface area contributed by atoms with Crippen molar-refractivity contribution in [1.29, 1.82) is 0 Å². The summed E-state index contributed by atoms with van der Waals surface area (Å²) in [5.41, 5.74) is 4.27. The first-order valence-electron chi connectivity index (χ1n) is 10.4. The molecule has 1 aliphatic carbocycles. The Hall–Kier alpha value is -3.87. The van der Waals surface area contributed by atoms with Crippen LogP contribution in [0.5, 0.6) is 5.75 Å². The molecular weight excluding hydrogens is 390 g/mol. The van der Waals surface area contributed by atoms with Crippen molar-refractivity contribution in [3.63, 3.8) is 0 Å². The molecule has 0 bridgehead atoms. The molecule has 1 amide bonds. The molecule has 5 rings (SSSR count). The van der Waals surface area contributed by atoms with Gasteiger partial charge in [-0.15, -0.1) is 0 Å². The number of hydrogen-bond donors (Lipinski definition) is 1. The lowest BCUT2D eigenvalue weighted by molar-refractivity contribution is 0.102. The fourth-order valence-electron chi connectivity index (χ4n) is 3.96. The van der Waals surface area contributed by atoms with E-state index in [2.05, 4.69) is 15.4 Å². The van der Waals surface area contributed by atoms with Crippen LogP contribution in [0.3, 0.4) is 0 Å². The predicted octanol–water partition coefficient (Wildman–Crippen LogP) is 3.89. The van der Waals surface area contributed by atoms with Crippen LogP contribution in [-0.4, -0.2) is 31.8 Å². The lowest BCUT2D eigenvalue weighted by Crippen LogP contribution is -2.16. The van der Waals surface area contributed by atoms with Crippen LogP contribution < -0.4 is 10.1 Å². The van der Waals surface area contributed by atoms with Crippen molar-refractivity contribution in [2.24, 2.45) is 0 Å². The number of carbonyl (C=O) groups excluding carboxylic acids is 1. The van der Waals surface area contributed by atoms with Gasteiger partial charge in [0.1, 0.15) is 12.4 Å². The number of nitrogens with one attached hydrogen (secondary N) is 1. The Kier molecular flexibility index (Phi) is 5.22. The van der Waals surface area contributed by atoms with E-state index in [9.17, 15) is 4.79 Å². The Morgan fingerprint density at radius 3 is 2.74 bits per heavy atom. The van der Waals surface area contributed by atoms with Gasteiger partial charge >= 0.3 is 0 Å². The number of nitrogens with zero attached hydrogens (tertiary/aromatic N) is 4. The molecule has 0 saturated carbocycles. The summed E-state index contributed by atoms with van der Waals surface area (Å²) in [6.45, 7) is 1.15. The van der Waals surface area contributed by atoms with Crippen molar-refractivity contribution in [3.8, 4) is 11.4 Å². The molecular formula is C24H23N5O2. The van der Waals surface area contributed by atoms with Crippen molar-refractivity contribution in [2.45, 2.75) is 25.8 Å². The van der Waals surface area contributed by atoms with Crippen LogP contribution >= 0.6 is 0 Å². The van der Waals surface area contributed by atoms with E-state index in [1.54, 1.807) is 12.5 Å². The van der Waals surface area contributed by atoms with Crippen LogP contribution in [-0.2, 0) is 19.4 Å². The number of para-hydroxylation sites is 3. The summed E-state index contributed by atoms with van der Waals surface area (Å²) in [4.78, 5) is 17.2. The highest BCUT2D eigenvalue weighted by atomic mass is 16.5. The number of imidazole rings is 1. The second-order valence-electron chi connectivity index (χ2n) is 7.47. The minimum atomic E-state index is -0.210. The summed E-state index contributed by atoms with van der Waals surface area (Å²) in [5.74, 6) is 0.425. The van der Waals surface area contributed by atoms with Gasteiger partial charge in [-0.25, -0.2) is 9.67 Å². The molecule has 4 aromatic rings. The predicted molar refractivity (Wildman–Crippen MR) is 118 cm³/mol. The molecule has 156 valence electrons. The Balaban J connectivity index is 1.35. The van der Waals surface area contributed by atoms with E-state index in [4.69, 9.17) is 4.74 Å². The molecule has 1 N–H and O–H groups in total. The maximum atomic E-state index is 13.2. The van der Waals surface area contributed by atoms with Crippen LogP contribution in [0.25, 0.3) is 5.69 Å². The lowest BCUT2D eigenvalue weighted by atomic mass is 10.2. The summed E-state index contributed by atoms with van der Waals surface area (Å²) in [6, 6.07) is 17.4. The van der Waals surface area contributed by atoms with Gasteiger partial charge in [-0.05, 0) is 43.5 Å². The first kappa shape index (κ1) is 19.1. The van der Waals surface area contributed by atoms with Crippen molar-refractivity contribution in [1.82, 2.24) is 19.3 Å². The Morgan fingerprint density at radius 2 is 1.90 bits per heavy atom. The van der Waals surface area contributed by atoms with E-state index in [0.717, 1.165) is 36.2 Å². The SMILES string of the molecule is O=C(Nc1ccccc1OCCn1ccnc1)c1nn(-c2ccccc2)c2c1CCC2. The topological polar surface area (TPSA) is 74.0 Å². The Labute approximate surface area is 180 Å². The van der Waals surface area contributed by atoms with Crippen LogP contribution in [0, 0.1) is 0 Å². The zero-order chi connectivity index (χ0) is 21.0. The van der Waals surface area contributed by atoms with Gasteiger partial charge in [-0.3, -0.25) is 4.79 Å². The van der Waals surface area contributed by atoms with E-state index in [1.807, 2.05) is 70.0 Å². The number of ether oxygens (including phenoxy) is 1. The van der Waals surface area contributed by atoms with E-state index in [1.165, 1.54) is 0 Å². The van der Waals surface area contributed by atoms with Crippen molar-refractivity contribution in [3.05, 3.63) is 90.3 Å². The molecule has 0 unspecified atom stereocenters. The zero-order valence-electron chi connectivity index (χ0n) is 17.1. The largest absolute Gasteiger partial charge is 0.490 e. The first-order chi connectivity index (χ1) is 15.3. The van der Waals surface area contributed by atoms with Gasteiger partial charge in [-0.1, -0.05) is 30.3 Å². The second kappa shape index (κ2) is 8.47. The number of amides is 1. The third-order valence-electron chi connectivity index (χ3n) is 5.45. The van der Waals surface area contributed by atoms with Crippen LogP contribution in [0.15, 0.2) is 73.3 Å². The molecule has 2 aromatic carbocycles. The van der Waals surface area contributed by atoms with E-state index in [0.29, 0.717) is 30.3 Å². The van der Waals surface area contributed by atoms with Gasteiger partial charge in [0, 0.05) is 23.7 Å². The monoisotopic (exact) mass is 413 g/mol. The summed E-state index contributed by atoms with van der Waals surface area (Å²) in [6.07, 6.45) is 8.21. The van der Waals surface area contributed by atoms with Crippen LogP contribution in [0.2, 0.25) is 0 Å². The number of rotatable bonds is 7. The fourth-order valence-corrected chi connectivity index (χ4v) is 3.96. The van der Waals surface area contributed by atoms with Gasteiger partial charge in [0.25, 0.3) is 5.91 Å². The average Bonchev–Trinajstić information content (AvgIpc) is 3.54. The molecule has 2 heterocycles. The summed E-state index contributed by atoms with van der Waals surface area (Å²) in [7, 11) is 0. The molecule has 0 radical (unpaired) electrons. The maximum Gasteiger partial charge on any atom is 0.276 e. The van der Waals surface area contributed by atoms with E-state index >= 15 is 0 Å². The maximum absolute atomic E-state index is 13.2. The van der Waals surface area contributed by atoms with E-state index in [-0.39, 0.29) is 5.91 Å². The van der Waals surface area contributed by atoms with Crippen LogP contribution in [0.1, 0.15) is 28.2 Å². The van der Waals surface area contributed by atoms with Crippen LogP contribution in [0.4, 0.5) is 5.69 Å². The van der Waals surface area contributed by atoms with Crippen molar-refractivity contribution in [2.75, 3.05) is 11.9 Å². The van der Waals surface area contributed by atoms with E-state index < -0.39 is 0 Å². The molecule has 0 aliphatic heterocycles. The van der Waals surface area contributed by atoms with Gasteiger partial charge in [0.2, 0.25) is 0 Å². The highest BCUT2D eigenvalue weighted by molar-refractivity contribution is 6.05. The highest BCUT2D eigenvalue weighted by Gasteiger charge is 2.27. The third kappa shape index (κ3) is 3.94. The number of anilines is 1. The smallest absolute Gasteiger partial charge is 0.276 e. The molecule has 7 nitrogen and oxygen atoms in total. The standard InChI is InChI=1S/C24H23N5O2/c30-24(23-19-9-6-11-21(19)29(27-23)18-7-2-1-3-8-18)26-20-10-4-5-12-22(20)31-16-15-28-14-13-25-17-28/h1-5,7-8,10,12-14,17H,6,9,11,15-16H2,(H,26,30). The Morgan fingerprint density at radius 1 is 1.06 bits per heavy atom. The normalized spacial score (nSPS) is 12.5. The molecule has 7 heteroatoms. The first-order valence-corrected chi connectivity index (χ1v) is 10.4. The molecule has 0 spiro atoms. The zero-order valence-corrected chi connectivity index (χ0v) is 17.1. The molecule has 2 aromatic heterocycles. The molecule has 0 saturated heterocycles. The minimum Gasteiger partial charge on any atom is -0.490 e. The molecule has 0 atom stereocenters. The lowest BCUT2D eigenvalue weighted by Gasteiger charge is -2.12. The van der Waals surface area contributed by atoms with Gasteiger partial charge in [0.15, 0.2) is 5.69 Å². The molecule has 1 aliphatic rings. The third-order valence-corrected chi connectivity index (χ3v) is 5.45. The number of hydrogen-bond acceptors (Lipinski definition) is 4. The number of benzene rings is 2. The quantitative estimate of drug-likeness (QED) is 0.499. The summed E-state index contributed by atoms with van der Waals surface area (Å²) < 4.78 is 9.78. The fraction of sp³-hybridized carbons (Fsp3) is 0.208. The van der Waals surface area contributed by atoms with Gasteiger partial charge in [-0.2, -0.15) is 5.10 Å². The second-order valence-corrected chi connectivity index (χ2v) is 7.47. The molecule has 31 heavy (non-hydrogen) atoms. The highest BCUT2D eigenvalue weighted by Crippen LogP contribution is 2.30. The summed E-state index contributed by atoms with van der Waals surface area (Å²) in [5, 5.41) is 7.68. The minimum absolute atomic E-state index is 0.210. The summed E-state index contributed by atoms with van der Waals surface area (Å²) >= 11 is 0.